The summed E-state index contributed by atoms with van der Waals surface area (Å²) in [6, 6.07) is 2.36. The topological polar surface area (TPSA) is 17.1 Å². The average Bonchev–Trinajstić information content (AvgIpc) is 2.35. The van der Waals surface area contributed by atoms with Crippen LogP contribution in [-0.4, -0.2) is 5.78 Å². The number of carbonyl (C=O) groups is 1. The second kappa shape index (κ2) is 5.08. The van der Waals surface area contributed by atoms with Crippen molar-refractivity contribution in [3.63, 3.8) is 0 Å². The Kier molecular flexibility index (Phi) is 3.72. The predicted molar refractivity (Wildman–Crippen MR) is 64.9 cm³/mol. The third kappa shape index (κ3) is 2.46. The van der Waals surface area contributed by atoms with E-state index in [9.17, 15) is 13.6 Å². The molecule has 0 amide bonds. The van der Waals surface area contributed by atoms with Crippen LogP contribution >= 0.6 is 15.9 Å². The van der Waals surface area contributed by atoms with E-state index in [1.807, 2.05) is 0 Å². The van der Waals surface area contributed by atoms with Crippen LogP contribution in [0.1, 0.15) is 36.0 Å². The summed E-state index contributed by atoms with van der Waals surface area (Å²) in [5, 5.41) is 0. The zero-order chi connectivity index (χ0) is 12.4. The van der Waals surface area contributed by atoms with Crippen LogP contribution in [0.4, 0.5) is 8.78 Å². The van der Waals surface area contributed by atoms with Crippen LogP contribution in [0.15, 0.2) is 28.3 Å². The molecule has 1 nitrogen and oxygen atoms in total. The molecule has 0 atom stereocenters. The van der Waals surface area contributed by atoms with Crippen LogP contribution in [0.3, 0.4) is 0 Å². The second-order valence-corrected chi connectivity index (χ2v) is 4.88. The molecular formula is C13H11BrF2O. The molecule has 0 aliphatic heterocycles. The lowest BCUT2D eigenvalue weighted by atomic mass is 9.92. The Hall–Kier alpha value is -1.03. The highest BCUT2D eigenvalue weighted by molar-refractivity contribution is 9.10. The van der Waals surface area contributed by atoms with E-state index < -0.39 is 23.0 Å². The molecule has 0 fully saturated rings. The van der Waals surface area contributed by atoms with Crippen LogP contribution in [0.2, 0.25) is 0 Å². The van der Waals surface area contributed by atoms with Crippen molar-refractivity contribution < 1.29 is 13.6 Å². The van der Waals surface area contributed by atoms with Crippen molar-refractivity contribution in [1.82, 2.24) is 0 Å². The maximum absolute atomic E-state index is 13.7. The van der Waals surface area contributed by atoms with Gasteiger partial charge in [-0.05, 0) is 59.3 Å². The minimum atomic E-state index is -0.818. The number of halogens is 3. The van der Waals surface area contributed by atoms with Crippen LogP contribution in [0.5, 0.6) is 0 Å². The molecule has 1 aromatic carbocycles. The van der Waals surface area contributed by atoms with Gasteiger partial charge in [-0.25, -0.2) is 8.78 Å². The van der Waals surface area contributed by atoms with Gasteiger partial charge >= 0.3 is 0 Å². The van der Waals surface area contributed by atoms with E-state index in [2.05, 4.69) is 15.9 Å². The summed E-state index contributed by atoms with van der Waals surface area (Å²) in [5.41, 5.74) is 0.0691. The third-order valence-electron chi connectivity index (χ3n) is 2.85. The van der Waals surface area contributed by atoms with Gasteiger partial charge in [-0.1, -0.05) is 6.08 Å². The summed E-state index contributed by atoms with van der Waals surface area (Å²) < 4.78 is 27.4. The Bertz CT molecular complexity index is 494. The van der Waals surface area contributed by atoms with E-state index in [0.29, 0.717) is 12.0 Å². The first-order chi connectivity index (χ1) is 8.11. The van der Waals surface area contributed by atoms with E-state index >= 15 is 0 Å². The van der Waals surface area contributed by atoms with Gasteiger partial charge in [0.15, 0.2) is 11.6 Å². The molecule has 1 aromatic rings. The SMILES string of the molecule is O=C(C1=CCCCC1)c1c(F)ccc(Br)c1F. The van der Waals surface area contributed by atoms with Crippen LogP contribution in [0, 0.1) is 11.6 Å². The predicted octanol–water partition coefficient (Wildman–Crippen LogP) is 4.41. The van der Waals surface area contributed by atoms with Crippen molar-refractivity contribution in [3.8, 4) is 0 Å². The van der Waals surface area contributed by atoms with Crippen molar-refractivity contribution in [3.05, 3.63) is 45.5 Å². The van der Waals surface area contributed by atoms with Gasteiger partial charge in [0.05, 0.1) is 10.0 Å². The Balaban J connectivity index is 2.43. The lowest BCUT2D eigenvalue weighted by Crippen LogP contribution is -2.11. The van der Waals surface area contributed by atoms with Crippen molar-refractivity contribution in [2.45, 2.75) is 25.7 Å². The van der Waals surface area contributed by atoms with Gasteiger partial charge in [-0.2, -0.15) is 0 Å². The van der Waals surface area contributed by atoms with E-state index in [4.69, 9.17) is 0 Å². The normalized spacial score (nSPS) is 15.6. The Morgan fingerprint density at radius 2 is 2.00 bits per heavy atom. The summed E-state index contributed by atoms with van der Waals surface area (Å²) in [7, 11) is 0. The van der Waals surface area contributed by atoms with Gasteiger partial charge in [0.25, 0.3) is 0 Å². The molecular weight excluding hydrogens is 290 g/mol. The molecule has 0 radical (unpaired) electrons. The number of hydrogen-bond donors (Lipinski definition) is 0. The van der Waals surface area contributed by atoms with E-state index in [0.717, 1.165) is 25.3 Å². The molecule has 4 heteroatoms. The van der Waals surface area contributed by atoms with Crippen molar-refractivity contribution in [1.29, 1.82) is 0 Å². The molecule has 0 heterocycles. The summed E-state index contributed by atoms with van der Waals surface area (Å²) >= 11 is 2.96. The summed E-state index contributed by atoms with van der Waals surface area (Å²) in [4.78, 5) is 12.0. The summed E-state index contributed by atoms with van der Waals surface area (Å²) in [5.74, 6) is -2.15. The highest BCUT2D eigenvalue weighted by atomic mass is 79.9. The largest absolute Gasteiger partial charge is 0.289 e. The molecule has 0 N–H and O–H groups in total. The zero-order valence-electron chi connectivity index (χ0n) is 9.10. The average molecular weight is 301 g/mol. The number of hydrogen-bond acceptors (Lipinski definition) is 1. The molecule has 0 saturated carbocycles. The first kappa shape index (κ1) is 12.4. The van der Waals surface area contributed by atoms with Gasteiger partial charge < -0.3 is 0 Å². The number of allylic oxidation sites excluding steroid dienone is 2. The highest BCUT2D eigenvalue weighted by Crippen LogP contribution is 2.27. The first-order valence-corrected chi connectivity index (χ1v) is 6.28. The molecule has 1 aliphatic carbocycles. The quantitative estimate of drug-likeness (QED) is 0.584. The van der Waals surface area contributed by atoms with Crippen molar-refractivity contribution in [2.24, 2.45) is 0 Å². The standard InChI is InChI=1S/C13H11BrF2O/c14-9-6-7-10(15)11(12(9)16)13(17)8-4-2-1-3-5-8/h4,6-7H,1-3,5H2. The summed E-state index contributed by atoms with van der Waals surface area (Å²) in [6.07, 6.45) is 5.11. The first-order valence-electron chi connectivity index (χ1n) is 5.48. The zero-order valence-corrected chi connectivity index (χ0v) is 10.7. The molecule has 0 aromatic heterocycles. The second-order valence-electron chi connectivity index (χ2n) is 4.02. The molecule has 1 aliphatic rings. The number of carbonyl (C=O) groups excluding carboxylic acids is 1. The van der Waals surface area contributed by atoms with Gasteiger partial charge in [0.2, 0.25) is 0 Å². The molecule has 0 spiro atoms. The summed E-state index contributed by atoms with van der Waals surface area (Å²) in [6.45, 7) is 0. The van der Waals surface area contributed by atoms with E-state index in [-0.39, 0.29) is 4.47 Å². The Morgan fingerprint density at radius 3 is 2.65 bits per heavy atom. The lowest BCUT2D eigenvalue weighted by Gasteiger charge is -2.12. The van der Waals surface area contributed by atoms with Crippen LogP contribution < -0.4 is 0 Å². The number of Topliss-reactive ketones (excluding diaryl/α,β-unsaturated/α-hetero) is 1. The number of rotatable bonds is 2. The van der Waals surface area contributed by atoms with Gasteiger partial charge in [0, 0.05) is 0 Å². The molecule has 17 heavy (non-hydrogen) atoms. The van der Waals surface area contributed by atoms with Gasteiger partial charge in [-0.15, -0.1) is 0 Å². The molecule has 90 valence electrons. The number of ketones is 1. The van der Waals surface area contributed by atoms with E-state index in [1.165, 1.54) is 6.07 Å². The highest BCUT2D eigenvalue weighted by Gasteiger charge is 2.23. The van der Waals surface area contributed by atoms with Crippen molar-refractivity contribution in [2.75, 3.05) is 0 Å². The molecule has 0 unspecified atom stereocenters. The minimum Gasteiger partial charge on any atom is -0.289 e. The van der Waals surface area contributed by atoms with Crippen molar-refractivity contribution >= 4 is 21.7 Å². The monoisotopic (exact) mass is 300 g/mol. The maximum atomic E-state index is 13.7. The fraction of sp³-hybridized carbons (Fsp3) is 0.308. The Labute approximate surface area is 107 Å². The van der Waals surface area contributed by atoms with Crippen LogP contribution in [-0.2, 0) is 0 Å². The van der Waals surface area contributed by atoms with Crippen LogP contribution in [0.25, 0.3) is 0 Å². The fourth-order valence-electron chi connectivity index (χ4n) is 1.94. The minimum absolute atomic E-state index is 0.110. The van der Waals surface area contributed by atoms with Gasteiger partial charge in [0.1, 0.15) is 5.82 Å². The van der Waals surface area contributed by atoms with Gasteiger partial charge in [-0.3, -0.25) is 4.79 Å². The maximum Gasteiger partial charge on any atom is 0.194 e. The third-order valence-corrected chi connectivity index (χ3v) is 3.47. The smallest absolute Gasteiger partial charge is 0.194 e. The molecule has 0 bridgehead atoms. The number of benzene rings is 1. The lowest BCUT2D eigenvalue weighted by molar-refractivity contribution is 0.102. The molecule has 0 saturated heterocycles. The fourth-order valence-corrected chi connectivity index (χ4v) is 2.27. The Morgan fingerprint density at radius 1 is 1.24 bits per heavy atom. The van der Waals surface area contributed by atoms with E-state index in [1.54, 1.807) is 6.08 Å². The molecule has 2 rings (SSSR count).